The molecule has 0 spiro atoms. The molecule has 10 nitrogen and oxygen atoms in total. The number of rotatable bonds is 7. The minimum absolute atomic E-state index is 0.0804. The predicted octanol–water partition coefficient (Wildman–Crippen LogP) is 4.52. The molecule has 1 saturated heterocycles. The fourth-order valence-electron chi connectivity index (χ4n) is 4.18. The molecule has 13 heteroatoms. The molecule has 2 amide bonds. The summed E-state index contributed by atoms with van der Waals surface area (Å²) in [5.41, 5.74) is -0.981. The van der Waals surface area contributed by atoms with Gasteiger partial charge < -0.3 is 9.64 Å². The van der Waals surface area contributed by atoms with Crippen LogP contribution in [-0.4, -0.2) is 57.8 Å². The normalized spacial score (nSPS) is 17.8. The second kappa shape index (κ2) is 10.5. The van der Waals surface area contributed by atoms with Crippen molar-refractivity contribution in [1.29, 1.82) is 0 Å². The number of nitrogens with zero attached hydrogens (tertiary/aromatic N) is 4. The Morgan fingerprint density at radius 2 is 1.92 bits per heavy atom. The lowest BCUT2D eigenvalue weighted by atomic mass is 9.93. The number of amides is 2. The van der Waals surface area contributed by atoms with Crippen molar-refractivity contribution >= 4 is 45.2 Å². The van der Waals surface area contributed by atoms with Gasteiger partial charge in [-0.15, -0.1) is 0 Å². The number of hydrogen-bond donors (Lipinski definition) is 1. The average molecular weight is 561 g/mol. The highest BCUT2D eigenvalue weighted by Gasteiger charge is 2.42. The summed E-state index contributed by atoms with van der Waals surface area (Å²) < 4.78 is 34.2. The van der Waals surface area contributed by atoms with Gasteiger partial charge in [-0.3, -0.25) is 9.48 Å². The van der Waals surface area contributed by atoms with Crippen LogP contribution in [0.4, 0.5) is 4.79 Å². The van der Waals surface area contributed by atoms with E-state index in [0.717, 1.165) is 19.3 Å². The van der Waals surface area contributed by atoms with Crippen LogP contribution in [0.2, 0.25) is 10.3 Å². The zero-order chi connectivity index (χ0) is 26.9. The summed E-state index contributed by atoms with van der Waals surface area (Å²) >= 11 is 11.6. The van der Waals surface area contributed by atoms with Gasteiger partial charge in [-0.05, 0) is 78.0 Å². The molecule has 198 valence electrons. The molecule has 0 radical (unpaired) electrons. The lowest BCUT2D eigenvalue weighted by Gasteiger charge is -2.33. The summed E-state index contributed by atoms with van der Waals surface area (Å²) in [6.45, 7) is 10.7. The minimum Gasteiger partial charge on any atom is -0.444 e. The Labute approximate surface area is 221 Å². The van der Waals surface area contributed by atoms with Crippen molar-refractivity contribution in [2.45, 2.75) is 76.6 Å². The number of likely N-dealkylation sites (tertiary alicyclic amines) is 1. The number of carbonyl (C=O) groups excluding carboxylic acids is 2. The first kappa shape index (κ1) is 28.2. The molecule has 1 N–H and O–H groups in total. The molecular formula is C23H31Cl2N5O5S. The van der Waals surface area contributed by atoms with Gasteiger partial charge in [0.25, 0.3) is 15.9 Å². The maximum absolute atomic E-state index is 12.6. The smallest absolute Gasteiger partial charge is 0.410 e. The molecule has 0 bridgehead atoms. The van der Waals surface area contributed by atoms with Gasteiger partial charge in [0.1, 0.15) is 15.9 Å². The third-order valence-corrected chi connectivity index (χ3v) is 7.47. The standard InChI is InChI=1S/C23H31Cl2N5O5S/c1-22(2,3)35-21(32)30-14-15(13-23(30,4)5)7-6-11-29-12-10-18(27-29)36(33,34)28-20(31)16-8-9-17(24)26-19(16)25/h8-10,12,15H,6-7,11,13-14H2,1-5H3,(H,28,31). The maximum Gasteiger partial charge on any atom is 0.410 e. The second-order valence-corrected chi connectivity index (χ2v) is 12.8. The highest BCUT2D eigenvalue weighted by Crippen LogP contribution is 2.36. The van der Waals surface area contributed by atoms with E-state index in [-0.39, 0.29) is 32.5 Å². The molecule has 0 aromatic carbocycles. The molecule has 1 aliphatic rings. The molecule has 1 unspecified atom stereocenters. The van der Waals surface area contributed by atoms with Crippen molar-refractivity contribution in [2.24, 2.45) is 5.92 Å². The number of hydrogen-bond acceptors (Lipinski definition) is 7. The van der Waals surface area contributed by atoms with Crippen molar-refractivity contribution < 1.29 is 22.7 Å². The van der Waals surface area contributed by atoms with Gasteiger partial charge in [-0.2, -0.15) is 13.5 Å². The van der Waals surface area contributed by atoms with Gasteiger partial charge in [-0.25, -0.2) is 14.5 Å². The van der Waals surface area contributed by atoms with Crippen molar-refractivity contribution in [3.63, 3.8) is 0 Å². The van der Waals surface area contributed by atoms with E-state index in [1.807, 2.05) is 39.3 Å². The first-order chi connectivity index (χ1) is 16.6. The van der Waals surface area contributed by atoms with Crippen molar-refractivity contribution in [1.82, 2.24) is 24.4 Å². The molecule has 1 aliphatic heterocycles. The van der Waals surface area contributed by atoms with Crippen LogP contribution in [0.1, 0.15) is 64.2 Å². The number of halogens is 2. The Morgan fingerprint density at radius 3 is 2.56 bits per heavy atom. The Kier molecular flexibility index (Phi) is 8.26. The third kappa shape index (κ3) is 7.10. The van der Waals surface area contributed by atoms with Crippen molar-refractivity contribution in [3.05, 3.63) is 40.3 Å². The first-order valence-corrected chi connectivity index (χ1v) is 13.7. The number of aryl methyl sites for hydroxylation is 1. The van der Waals surface area contributed by atoms with E-state index >= 15 is 0 Å². The molecule has 2 aromatic rings. The van der Waals surface area contributed by atoms with Crippen LogP contribution in [0.3, 0.4) is 0 Å². The topological polar surface area (TPSA) is 123 Å². The Balaban J connectivity index is 1.55. The van der Waals surface area contributed by atoms with Crippen LogP contribution in [0.15, 0.2) is 29.4 Å². The predicted molar refractivity (Wildman–Crippen MR) is 135 cm³/mol. The summed E-state index contributed by atoms with van der Waals surface area (Å²) in [4.78, 5) is 30.5. The lowest BCUT2D eigenvalue weighted by molar-refractivity contribution is 0.0130. The largest absolute Gasteiger partial charge is 0.444 e. The molecule has 2 aromatic heterocycles. The van der Waals surface area contributed by atoms with Gasteiger partial charge >= 0.3 is 6.09 Å². The molecular weight excluding hydrogens is 529 g/mol. The molecule has 1 atom stereocenters. The summed E-state index contributed by atoms with van der Waals surface area (Å²) in [6, 6.07) is 3.94. The Morgan fingerprint density at radius 1 is 1.22 bits per heavy atom. The lowest BCUT2D eigenvalue weighted by Crippen LogP contribution is -2.45. The van der Waals surface area contributed by atoms with E-state index in [2.05, 4.69) is 10.1 Å². The van der Waals surface area contributed by atoms with Gasteiger partial charge in [0.05, 0.1) is 5.56 Å². The summed E-state index contributed by atoms with van der Waals surface area (Å²) in [5.74, 6) is -0.639. The number of nitrogens with one attached hydrogen (secondary N) is 1. The van der Waals surface area contributed by atoms with Crippen LogP contribution < -0.4 is 4.72 Å². The zero-order valence-electron chi connectivity index (χ0n) is 20.9. The van der Waals surface area contributed by atoms with Crippen molar-refractivity contribution in [3.8, 4) is 0 Å². The van der Waals surface area contributed by atoms with Crippen LogP contribution >= 0.6 is 23.2 Å². The highest BCUT2D eigenvalue weighted by atomic mass is 35.5. The third-order valence-electron chi connectivity index (χ3n) is 5.75. The maximum atomic E-state index is 12.6. The van der Waals surface area contributed by atoms with E-state index in [0.29, 0.717) is 19.0 Å². The second-order valence-electron chi connectivity index (χ2n) is 10.4. The monoisotopic (exact) mass is 559 g/mol. The van der Waals surface area contributed by atoms with E-state index in [1.54, 1.807) is 11.1 Å². The number of pyridine rings is 1. The summed E-state index contributed by atoms with van der Waals surface area (Å²) in [6.07, 6.45) is 3.65. The quantitative estimate of drug-likeness (QED) is 0.494. The number of aromatic nitrogens is 3. The van der Waals surface area contributed by atoms with Crippen LogP contribution in [0, 0.1) is 5.92 Å². The fraction of sp³-hybridized carbons (Fsp3) is 0.565. The summed E-state index contributed by atoms with van der Waals surface area (Å²) in [5, 5.41) is 3.69. The summed E-state index contributed by atoms with van der Waals surface area (Å²) in [7, 11) is -4.21. The molecule has 3 rings (SSSR count). The average Bonchev–Trinajstić information content (AvgIpc) is 3.30. The van der Waals surface area contributed by atoms with Gasteiger partial charge in [0, 0.05) is 24.8 Å². The minimum atomic E-state index is -4.21. The molecule has 1 fully saturated rings. The number of carbonyl (C=O) groups is 2. The fourth-order valence-corrected chi connectivity index (χ4v) is 5.52. The number of ether oxygens (including phenoxy) is 1. The van der Waals surface area contributed by atoms with Crippen LogP contribution in [0.25, 0.3) is 0 Å². The van der Waals surface area contributed by atoms with Crippen LogP contribution in [-0.2, 0) is 21.3 Å². The molecule has 3 heterocycles. The Bertz CT molecular complexity index is 1240. The first-order valence-electron chi connectivity index (χ1n) is 11.5. The highest BCUT2D eigenvalue weighted by molar-refractivity contribution is 7.90. The van der Waals surface area contributed by atoms with Crippen molar-refractivity contribution in [2.75, 3.05) is 6.54 Å². The van der Waals surface area contributed by atoms with E-state index in [4.69, 9.17) is 27.9 Å². The SMILES string of the molecule is CC(C)(C)OC(=O)N1CC(CCCn2ccc(S(=O)(=O)NC(=O)c3ccc(Cl)nc3Cl)n2)CC1(C)C. The zero-order valence-corrected chi connectivity index (χ0v) is 23.2. The van der Waals surface area contributed by atoms with Crippen LogP contribution in [0.5, 0.6) is 0 Å². The van der Waals surface area contributed by atoms with E-state index in [1.165, 1.54) is 22.9 Å². The van der Waals surface area contributed by atoms with Gasteiger partial charge in [0.2, 0.25) is 0 Å². The number of sulfonamides is 1. The molecule has 0 aliphatic carbocycles. The Hall–Kier alpha value is -2.37. The van der Waals surface area contributed by atoms with Gasteiger partial charge in [0.15, 0.2) is 5.03 Å². The molecule has 0 saturated carbocycles. The van der Waals surface area contributed by atoms with E-state index < -0.39 is 21.5 Å². The van der Waals surface area contributed by atoms with Gasteiger partial charge in [-0.1, -0.05) is 23.2 Å². The van der Waals surface area contributed by atoms with E-state index in [9.17, 15) is 18.0 Å². The molecule has 36 heavy (non-hydrogen) atoms.